The lowest BCUT2D eigenvalue weighted by Crippen LogP contribution is -3.00. The molecule has 0 spiro atoms. The van der Waals surface area contributed by atoms with Crippen LogP contribution in [0, 0.1) is 0 Å². The molecule has 0 fully saturated rings. The van der Waals surface area contributed by atoms with Gasteiger partial charge in [-0.1, -0.05) is 35.6 Å². The second-order valence-electron chi connectivity index (χ2n) is 10.1. The van der Waals surface area contributed by atoms with Crippen molar-refractivity contribution in [3.8, 4) is 5.75 Å². The molecule has 41 heavy (non-hydrogen) atoms. The maximum absolute atomic E-state index is 13.8. The van der Waals surface area contributed by atoms with Crippen LogP contribution in [-0.2, 0) is 23.0 Å². The third-order valence-electron chi connectivity index (χ3n) is 6.96. The standard InChI is InChI=1S/C30H34N4O4S2.ClH/c1-4-38-25-12-15-27-28(20-25)39-30(31-27)34(18-7-17-32(2)3)29(35)23-10-13-26(14-11-23)40(36,37)33-19-16-22-8-5-6-9-24(22)21-33;/h5-6,8-15,20H,4,7,16-19,21H2,1-3H3;1H/p-1. The van der Waals surface area contributed by atoms with Crippen LogP contribution in [-0.4, -0.2) is 68.9 Å². The van der Waals surface area contributed by atoms with Crippen LogP contribution in [0.4, 0.5) is 5.13 Å². The van der Waals surface area contributed by atoms with E-state index in [-0.39, 0.29) is 23.2 Å². The topological polar surface area (TPSA) is 83.0 Å². The van der Waals surface area contributed by atoms with Crippen molar-refractivity contribution in [2.24, 2.45) is 0 Å². The van der Waals surface area contributed by atoms with Crippen molar-refractivity contribution < 1.29 is 30.4 Å². The Morgan fingerprint density at radius 2 is 1.76 bits per heavy atom. The normalized spacial score (nSPS) is 13.6. The lowest BCUT2D eigenvalue weighted by molar-refractivity contribution is -0.0000187. The molecule has 8 nitrogen and oxygen atoms in total. The number of hydrogen-bond donors (Lipinski definition) is 0. The maximum Gasteiger partial charge on any atom is 0.260 e. The lowest BCUT2D eigenvalue weighted by atomic mass is 10.0. The molecule has 1 aromatic heterocycles. The molecule has 1 amide bonds. The number of nitrogens with zero attached hydrogens (tertiary/aromatic N) is 4. The summed E-state index contributed by atoms with van der Waals surface area (Å²) in [6.45, 7) is 4.60. The third kappa shape index (κ3) is 6.90. The number of fused-ring (bicyclic) bond motifs is 2. The molecule has 0 bridgehead atoms. The highest BCUT2D eigenvalue weighted by Crippen LogP contribution is 2.33. The number of amides is 1. The molecule has 0 N–H and O–H groups in total. The molecule has 1 aliphatic heterocycles. The third-order valence-corrected chi connectivity index (χ3v) is 9.86. The van der Waals surface area contributed by atoms with Crippen molar-refractivity contribution in [1.29, 1.82) is 0 Å². The number of ether oxygens (including phenoxy) is 1. The first kappa shape index (κ1) is 30.9. The molecule has 11 heteroatoms. The van der Waals surface area contributed by atoms with Gasteiger partial charge in [0, 0.05) is 25.2 Å². The number of thiazole rings is 1. The van der Waals surface area contributed by atoms with Gasteiger partial charge in [-0.2, -0.15) is 4.31 Å². The van der Waals surface area contributed by atoms with Crippen LogP contribution in [0.5, 0.6) is 5.75 Å². The van der Waals surface area contributed by atoms with Gasteiger partial charge in [-0.3, -0.25) is 9.69 Å². The van der Waals surface area contributed by atoms with E-state index in [1.165, 1.54) is 33.3 Å². The Labute approximate surface area is 252 Å². The van der Waals surface area contributed by atoms with Crippen LogP contribution in [0.25, 0.3) is 10.2 Å². The zero-order valence-electron chi connectivity index (χ0n) is 23.4. The summed E-state index contributed by atoms with van der Waals surface area (Å²) < 4.78 is 34.9. The highest BCUT2D eigenvalue weighted by atomic mass is 35.5. The molecule has 2 heterocycles. The first-order valence-corrected chi connectivity index (χ1v) is 15.7. The number of hydrogen-bond acceptors (Lipinski definition) is 7. The molecule has 218 valence electrons. The number of carbonyl (C=O) groups is 1. The number of anilines is 1. The van der Waals surface area contributed by atoms with Crippen molar-refractivity contribution in [2.45, 2.75) is 31.2 Å². The van der Waals surface area contributed by atoms with Gasteiger partial charge >= 0.3 is 0 Å². The van der Waals surface area contributed by atoms with Gasteiger partial charge < -0.3 is 22.0 Å². The van der Waals surface area contributed by atoms with Crippen molar-refractivity contribution in [3.63, 3.8) is 0 Å². The SMILES string of the molecule is CCOc1ccc2nc(N(CCCN(C)C)C(=O)c3ccc(S(=O)(=O)N4CCc5ccccc5C4)cc3)sc2c1.[Cl-]. The minimum absolute atomic E-state index is 0. The summed E-state index contributed by atoms with van der Waals surface area (Å²) in [6, 6.07) is 19.9. The van der Waals surface area contributed by atoms with Gasteiger partial charge in [0.1, 0.15) is 5.75 Å². The first-order valence-electron chi connectivity index (χ1n) is 13.4. The average molecular weight is 614 g/mol. The second-order valence-corrected chi connectivity index (χ2v) is 13.0. The molecule has 0 aliphatic carbocycles. The van der Waals surface area contributed by atoms with E-state index in [0.717, 1.165) is 34.5 Å². The Morgan fingerprint density at radius 3 is 2.46 bits per heavy atom. The van der Waals surface area contributed by atoms with E-state index < -0.39 is 10.0 Å². The first-order chi connectivity index (χ1) is 19.3. The van der Waals surface area contributed by atoms with Crippen LogP contribution >= 0.6 is 11.3 Å². The highest BCUT2D eigenvalue weighted by molar-refractivity contribution is 7.89. The smallest absolute Gasteiger partial charge is 0.260 e. The van der Waals surface area contributed by atoms with E-state index in [0.29, 0.717) is 43.4 Å². The summed E-state index contributed by atoms with van der Waals surface area (Å²) in [5.41, 5.74) is 3.44. The van der Waals surface area contributed by atoms with Crippen molar-refractivity contribution >= 4 is 42.6 Å². The molecule has 0 saturated heterocycles. The highest BCUT2D eigenvalue weighted by Gasteiger charge is 2.29. The molecular formula is C30H34ClN4O4S2-. The van der Waals surface area contributed by atoms with Gasteiger partial charge in [0.25, 0.3) is 5.91 Å². The summed E-state index contributed by atoms with van der Waals surface area (Å²) in [5, 5.41) is 0.607. The summed E-state index contributed by atoms with van der Waals surface area (Å²) in [7, 11) is 0.310. The Hall–Kier alpha value is -3.02. The molecule has 0 radical (unpaired) electrons. The van der Waals surface area contributed by atoms with E-state index >= 15 is 0 Å². The molecule has 0 atom stereocenters. The minimum atomic E-state index is -3.69. The fourth-order valence-electron chi connectivity index (χ4n) is 4.84. The number of halogens is 1. The number of carbonyl (C=O) groups excluding carboxylic acids is 1. The minimum Gasteiger partial charge on any atom is -1.00 e. The predicted octanol–water partition coefficient (Wildman–Crippen LogP) is 2.04. The molecule has 0 saturated carbocycles. The number of aromatic nitrogens is 1. The largest absolute Gasteiger partial charge is 1.00 e. The monoisotopic (exact) mass is 613 g/mol. The summed E-state index contributed by atoms with van der Waals surface area (Å²) in [5.74, 6) is 0.559. The average Bonchev–Trinajstić information content (AvgIpc) is 3.38. The summed E-state index contributed by atoms with van der Waals surface area (Å²) in [4.78, 5) is 22.5. The zero-order valence-corrected chi connectivity index (χ0v) is 25.8. The van der Waals surface area contributed by atoms with E-state index in [1.54, 1.807) is 17.0 Å². The van der Waals surface area contributed by atoms with Crippen LogP contribution in [0.3, 0.4) is 0 Å². The molecule has 3 aromatic carbocycles. The fourth-order valence-corrected chi connectivity index (χ4v) is 7.28. The summed E-state index contributed by atoms with van der Waals surface area (Å²) in [6.07, 6.45) is 1.45. The molecular weight excluding hydrogens is 580 g/mol. The number of sulfonamides is 1. The number of rotatable bonds is 10. The van der Waals surface area contributed by atoms with E-state index in [4.69, 9.17) is 9.72 Å². The van der Waals surface area contributed by atoms with Gasteiger partial charge in [-0.25, -0.2) is 13.4 Å². The zero-order chi connectivity index (χ0) is 28.3. The Kier molecular flexibility index (Phi) is 10.0. The van der Waals surface area contributed by atoms with E-state index in [1.807, 2.05) is 63.5 Å². The summed E-state index contributed by atoms with van der Waals surface area (Å²) >= 11 is 1.45. The quantitative estimate of drug-likeness (QED) is 0.272. The van der Waals surface area contributed by atoms with Gasteiger partial charge in [0.05, 0.1) is 21.7 Å². The Morgan fingerprint density at radius 1 is 1.02 bits per heavy atom. The van der Waals surface area contributed by atoms with Gasteiger partial charge in [-0.05, 0) is 94.0 Å². The van der Waals surface area contributed by atoms with Gasteiger partial charge in [0.2, 0.25) is 10.0 Å². The Bertz CT molecular complexity index is 1610. The molecule has 0 unspecified atom stereocenters. The van der Waals surface area contributed by atoms with E-state index in [9.17, 15) is 13.2 Å². The second kappa shape index (κ2) is 13.3. The molecule has 1 aliphatic rings. The predicted molar refractivity (Wildman–Crippen MR) is 160 cm³/mol. The number of benzene rings is 3. The van der Waals surface area contributed by atoms with Crippen LogP contribution in [0.15, 0.2) is 71.6 Å². The van der Waals surface area contributed by atoms with Crippen molar-refractivity contribution in [1.82, 2.24) is 14.2 Å². The van der Waals surface area contributed by atoms with Crippen molar-refractivity contribution in [3.05, 3.63) is 83.4 Å². The van der Waals surface area contributed by atoms with Crippen LogP contribution < -0.4 is 22.0 Å². The van der Waals surface area contributed by atoms with Gasteiger partial charge in [-0.15, -0.1) is 0 Å². The van der Waals surface area contributed by atoms with E-state index in [2.05, 4.69) is 4.90 Å². The van der Waals surface area contributed by atoms with Crippen molar-refractivity contribution in [2.75, 3.05) is 45.2 Å². The lowest BCUT2D eigenvalue weighted by Gasteiger charge is -2.28. The Balaban J connectivity index is 0.00000387. The fraction of sp³-hybridized carbons (Fsp3) is 0.333. The maximum atomic E-state index is 13.8. The molecule has 5 rings (SSSR count). The van der Waals surface area contributed by atoms with Gasteiger partial charge in [0.15, 0.2) is 5.13 Å². The van der Waals surface area contributed by atoms with Crippen LogP contribution in [0.1, 0.15) is 34.8 Å². The molecule has 4 aromatic rings. The van der Waals surface area contributed by atoms with Crippen LogP contribution in [0.2, 0.25) is 0 Å².